The van der Waals surface area contributed by atoms with E-state index in [4.69, 9.17) is 21.6 Å². The van der Waals surface area contributed by atoms with E-state index in [9.17, 15) is 0 Å². The van der Waals surface area contributed by atoms with E-state index >= 15 is 0 Å². The molecule has 12 heavy (non-hydrogen) atoms. The van der Waals surface area contributed by atoms with Crippen LogP contribution in [-0.4, -0.2) is 34.2 Å². The summed E-state index contributed by atoms with van der Waals surface area (Å²) >= 11 is 5.55. The van der Waals surface area contributed by atoms with E-state index in [1.807, 2.05) is 0 Å². The third-order valence-electron chi connectivity index (χ3n) is 1.21. The molecule has 0 saturated carbocycles. The minimum Gasteiger partial charge on any atom is -0.467 e. The molecule has 0 fully saturated rings. The van der Waals surface area contributed by atoms with Crippen molar-refractivity contribution in [1.82, 2.24) is 9.97 Å². The van der Waals surface area contributed by atoms with Gasteiger partial charge in [0.2, 0.25) is 0 Å². The summed E-state index contributed by atoms with van der Waals surface area (Å²) in [6.45, 7) is 0. The smallest absolute Gasteiger partial charge is 0.467 e. The first-order valence-electron chi connectivity index (χ1n) is 3.07. The van der Waals surface area contributed by atoms with Crippen LogP contribution in [0.2, 0.25) is 5.15 Å². The molecule has 0 radical (unpaired) electrons. The molecular weight excluding hydrogens is 182 g/mol. The van der Waals surface area contributed by atoms with Crippen LogP contribution in [0.25, 0.3) is 0 Å². The lowest BCUT2D eigenvalue weighted by Gasteiger charge is -2.02. The van der Waals surface area contributed by atoms with E-state index in [0.717, 1.165) is 0 Å². The molecule has 1 heterocycles. The SMILES string of the molecule is COc1ncc(B(O)O)c(Cl)n1. The molecular formula is C5H6BClN2O3. The molecule has 1 rings (SSSR count). The summed E-state index contributed by atoms with van der Waals surface area (Å²) in [6, 6.07) is 0.0874. The summed E-state index contributed by atoms with van der Waals surface area (Å²) in [5, 5.41) is 17.4. The molecule has 7 heteroatoms. The standard InChI is InChI=1S/C5H6BClN2O3/c1-12-5-8-2-3(6(10)11)4(7)9-5/h2,10-11H,1H3. The van der Waals surface area contributed by atoms with Crippen LogP contribution >= 0.6 is 11.6 Å². The number of ether oxygens (including phenoxy) is 1. The summed E-state index contributed by atoms with van der Waals surface area (Å²) < 4.78 is 4.66. The number of hydrogen-bond acceptors (Lipinski definition) is 5. The highest BCUT2D eigenvalue weighted by molar-refractivity contribution is 6.62. The van der Waals surface area contributed by atoms with E-state index < -0.39 is 7.12 Å². The van der Waals surface area contributed by atoms with Crippen molar-refractivity contribution in [3.8, 4) is 6.01 Å². The number of halogens is 1. The maximum absolute atomic E-state index is 8.72. The average molecular weight is 188 g/mol. The lowest BCUT2D eigenvalue weighted by atomic mass is 9.83. The van der Waals surface area contributed by atoms with Crippen LogP contribution in [-0.2, 0) is 0 Å². The first-order valence-corrected chi connectivity index (χ1v) is 3.45. The molecule has 0 saturated heterocycles. The molecule has 0 aliphatic carbocycles. The second-order valence-corrected chi connectivity index (χ2v) is 2.33. The van der Waals surface area contributed by atoms with Crippen molar-refractivity contribution in [3.63, 3.8) is 0 Å². The Morgan fingerprint density at radius 2 is 2.25 bits per heavy atom. The number of hydrogen-bond donors (Lipinski definition) is 2. The largest absolute Gasteiger partial charge is 0.493 e. The first kappa shape index (κ1) is 9.24. The third-order valence-corrected chi connectivity index (χ3v) is 1.51. The zero-order chi connectivity index (χ0) is 9.14. The van der Waals surface area contributed by atoms with E-state index in [-0.39, 0.29) is 16.6 Å². The minimum atomic E-state index is -1.66. The van der Waals surface area contributed by atoms with Crippen molar-refractivity contribution in [1.29, 1.82) is 0 Å². The van der Waals surface area contributed by atoms with Crippen LogP contribution in [0.4, 0.5) is 0 Å². The fourth-order valence-electron chi connectivity index (χ4n) is 0.627. The van der Waals surface area contributed by atoms with E-state index in [1.165, 1.54) is 13.3 Å². The molecule has 0 aliphatic heterocycles. The highest BCUT2D eigenvalue weighted by atomic mass is 35.5. The van der Waals surface area contributed by atoms with Gasteiger partial charge in [-0.1, -0.05) is 11.6 Å². The Morgan fingerprint density at radius 3 is 2.67 bits per heavy atom. The van der Waals surface area contributed by atoms with Gasteiger partial charge in [0.25, 0.3) is 0 Å². The summed E-state index contributed by atoms with van der Waals surface area (Å²) in [5.41, 5.74) is 0.0532. The predicted octanol–water partition coefficient (Wildman–Crippen LogP) is -1.18. The van der Waals surface area contributed by atoms with Crippen LogP contribution in [0.5, 0.6) is 6.01 Å². The molecule has 64 valence electrons. The Bertz CT molecular complexity index is 283. The van der Waals surface area contributed by atoms with Crippen LogP contribution < -0.4 is 10.2 Å². The van der Waals surface area contributed by atoms with E-state index in [1.54, 1.807) is 0 Å². The Labute approximate surface area is 74.1 Å². The van der Waals surface area contributed by atoms with Crippen molar-refractivity contribution in [2.75, 3.05) is 7.11 Å². The molecule has 0 bridgehead atoms. The maximum Gasteiger partial charge on any atom is 0.493 e. The lowest BCUT2D eigenvalue weighted by Crippen LogP contribution is -2.31. The van der Waals surface area contributed by atoms with Gasteiger partial charge in [-0.05, 0) is 0 Å². The average Bonchev–Trinajstić information content (AvgIpc) is 2.03. The summed E-state index contributed by atoms with van der Waals surface area (Å²) in [6.07, 6.45) is 1.19. The number of nitrogens with zero attached hydrogens (tertiary/aromatic N) is 2. The van der Waals surface area contributed by atoms with Gasteiger partial charge in [0.15, 0.2) is 0 Å². The lowest BCUT2D eigenvalue weighted by molar-refractivity contribution is 0.379. The highest BCUT2D eigenvalue weighted by Crippen LogP contribution is 2.05. The number of methoxy groups -OCH3 is 1. The Kier molecular flexibility index (Phi) is 2.85. The van der Waals surface area contributed by atoms with Gasteiger partial charge in [-0.2, -0.15) is 4.98 Å². The van der Waals surface area contributed by atoms with Crippen molar-refractivity contribution in [2.45, 2.75) is 0 Å². The quantitative estimate of drug-likeness (QED) is 0.451. The number of rotatable bonds is 2. The van der Waals surface area contributed by atoms with Crippen LogP contribution in [0, 0.1) is 0 Å². The summed E-state index contributed by atoms with van der Waals surface area (Å²) in [5.74, 6) is 0. The van der Waals surface area contributed by atoms with Gasteiger partial charge in [-0.25, -0.2) is 4.98 Å². The molecule has 0 aromatic carbocycles. The van der Waals surface area contributed by atoms with Crippen molar-refractivity contribution < 1.29 is 14.8 Å². The van der Waals surface area contributed by atoms with Gasteiger partial charge >= 0.3 is 13.1 Å². The van der Waals surface area contributed by atoms with Crippen molar-refractivity contribution in [3.05, 3.63) is 11.3 Å². The second kappa shape index (κ2) is 3.71. The monoisotopic (exact) mass is 188 g/mol. The molecule has 0 spiro atoms. The summed E-state index contributed by atoms with van der Waals surface area (Å²) in [4.78, 5) is 7.27. The third kappa shape index (κ3) is 1.85. The van der Waals surface area contributed by atoms with E-state index in [0.29, 0.717) is 0 Å². The highest BCUT2D eigenvalue weighted by Gasteiger charge is 2.17. The van der Waals surface area contributed by atoms with Gasteiger partial charge in [0.1, 0.15) is 5.15 Å². The van der Waals surface area contributed by atoms with Gasteiger partial charge in [-0.15, -0.1) is 0 Å². The van der Waals surface area contributed by atoms with Gasteiger partial charge < -0.3 is 14.8 Å². The molecule has 0 aliphatic rings. The molecule has 0 atom stereocenters. The topological polar surface area (TPSA) is 75.5 Å². The van der Waals surface area contributed by atoms with Crippen molar-refractivity contribution in [2.24, 2.45) is 0 Å². The van der Waals surface area contributed by atoms with Crippen molar-refractivity contribution >= 4 is 24.2 Å². The minimum absolute atomic E-state index is 0.0307. The van der Waals surface area contributed by atoms with E-state index in [2.05, 4.69) is 14.7 Å². The fraction of sp³-hybridized carbons (Fsp3) is 0.200. The summed E-state index contributed by atoms with van der Waals surface area (Å²) in [7, 11) is -0.274. The van der Waals surface area contributed by atoms with Gasteiger partial charge in [0.05, 0.1) is 7.11 Å². The molecule has 1 aromatic rings. The molecule has 5 nitrogen and oxygen atoms in total. The predicted molar refractivity (Wildman–Crippen MR) is 43.4 cm³/mol. The molecule has 2 N–H and O–H groups in total. The Balaban J connectivity index is 3.03. The van der Waals surface area contributed by atoms with Crippen LogP contribution in [0.1, 0.15) is 0 Å². The molecule has 1 aromatic heterocycles. The second-order valence-electron chi connectivity index (χ2n) is 1.98. The Morgan fingerprint density at radius 1 is 1.58 bits per heavy atom. The van der Waals surface area contributed by atoms with Gasteiger partial charge in [0, 0.05) is 11.7 Å². The Hall–Kier alpha value is -0.845. The zero-order valence-electron chi connectivity index (χ0n) is 6.23. The molecule has 0 unspecified atom stereocenters. The number of aromatic nitrogens is 2. The molecule has 0 amide bonds. The maximum atomic E-state index is 8.72. The zero-order valence-corrected chi connectivity index (χ0v) is 6.99. The van der Waals surface area contributed by atoms with Crippen LogP contribution in [0.3, 0.4) is 0 Å². The normalized spacial score (nSPS) is 9.67. The fourth-order valence-corrected chi connectivity index (χ4v) is 0.846. The first-order chi connectivity index (χ1) is 5.65. The van der Waals surface area contributed by atoms with Crippen LogP contribution in [0.15, 0.2) is 6.20 Å². The van der Waals surface area contributed by atoms with Gasteiger partial charge in [-0.3, -0.25) is 0 Å².